The maximum Gasteiger partial charge on any atom is 0.223 e. The fourth-order valence-corrected chi connectivity index (χ4v) is 3.57. The van der Waals surface area contributed by atoms with Crippen LogP contribution >= 0.6 is 0 Å². The summed E-state index contributed by atoms with van der Waals surface area (Å²) in [5.74, 6) is 1.03. The predicted molar refractivity (Wildman–Crippen MR) is 84.5 cm³/mol. The van der Waals surface area contributed by atoms with E-state index < -0.39 is 0 Å². The van der Waals surface area contributed by atoms with Crippen LogP contribution in [0.3, 0.4) is 0 Å². The van der Waals surface area contributed by atoms with Crippen LogP contribution in [0.2, 0.25) is 0 Å². The van der Waals surface area contributed by atoms with Gasteiger partial charge in [-0.2, -0.15) is 0 Å². The van der Waals surface area contributed by atoms with E-state index in [4.69, 9.17) is 10.1 Å². The van der Waals surface area contributed by atoms with E-state index in [0.717, 1.165) is 39.0 Å². The van der Waals surface area contributed by atoms with E-state index in [-0.39, 0.29) is 11.8 Å². The Morgan fingerprint density at radius 3 is 2.62 bits per heavy atom. The summed E-state index contributed by atoms with van der Waals surface area (Å²) in [5.41, 5.74) is 3.05. The summed E-state index contributed by atoms with van der Waals surface area (Å²) < 4.78 is 5.43. The van der Waals surface area contributed by atoms with Crippen molar-refractivity contribution in [1.29, 1.82) is 5.41 Å². The molecule has 0 saturated carbocycles. The molecule has 2 saturated heterocycles. The minimum atomic E-state index is -0.0320. The predicted octanol–water partition coefficient (Wildman–Crippen LogP) is 2.93. The summed E-state index contributed by atoms with van der Waals surface area (Å²) in [4.78, 5) is 12.0. The molecule has 0 aromatic heterocycles. The van der Waals surface area contributed by atoms with Gasteiger partial charge in [0.15, 0.2) is 0 Å². The minimum Gasteiger partial charge on any atom is -0.381 e. The van der Waals surface area contributed by atoms with Crippen molar-refractivity contribution >= 4 is 11.6 Å². The number of nitrogens with one attached hydrogen (secondary N) is 2. The molecular weight excluding hydrogens is 264 g/mol. The van der Waals surface area contributed by atoms with E-state index in [9.17, 15) is 4.79 Å². The molecule has 0 spiro atoms. The van der Waals surface area contributed by atoms with Crippen LogP contribution in [0, 0.1) is 23.2 Å². The van der Waals surface area contributed by atoms with Crippen molar-refractivity contribution in [2.45, 2.75) is 46.5 Å². The average molecular weight is 292 g/mol. The molecule has 2 unspecified atom stereocenters. The van der Waals surface area contributed by atoms with E-state index >= 15 is 0 Å². The first-order valence-electron chi connectivity index (χ1n) is 8.09. The number of allylic oxidation sites excluding steroid dienone is 2. The third kappa shape index (κ3) is 4.16. The Labute approximate surface area is 127 Å². The molecule has 1 amide bonds. The topological polar surface area (TPSA) is 62.2 Å². The first-order valence-corrected chi connectivity index (χ1v) is 8.09. The number of hydrogen-bond acceptors (Lipinski definition) is 3. The minimum absolute atomic E-state index is 0.0320. The number of amides is 1. The maximum absolute atomic E-state index is 12.0. The molecule has 2 N–H and O–H groups in total. The first kappa shape index (κ1) is 16.2. The first-order chi connectivity index (χ1) is 9.99. The van der Waals surface area contributed by atoms with Crippen molar-refractivity contribution in [3.8, 4) is 0 Å². The largest absolute Gasteiger partial charge is 0.381 e. The summed E-state index contributed by atoms with van der Waals surface area (Å²) in [6.07, 6.45) is 3.47. The standard InChI is InChI=1S/C17H28N2O2/c1-11(2)16(13-4-6-21-7-5-13)15(18)9-14-8-12(3)10-19-17(14)20/h12-14,18H,4-10H2,1-3H3,(H,19,20). The van der Waals surface area contributed by atoms with Gasteiger partial charge >= 0.3 is 0 Å². The number of rotatable bonds is 4. The van der Waals surface area contributed by atoms with Gasteiger partial charge in [-0.3, -0.25) is 4.79 Å². The van der Waals surface area contributed by atoms with Crippen molar-refractivity contribution < 1.29 is 9.53 Å². The third-order valence-electron chi connectivity index (χ3n) is 4.63. The molecule has 0 aromatic rings. The number of ether oxygens (including phenoxy) is 1. The normalized spacial score (nSPS) is 27.1. The zero-order valence-corrected chi connectivity index (χ0v) is 13.5. The van der Waals surface area contributed by atoms with Crippen molar-refractivity contribution in [1.82, 2.24) is 5.32 Å². The average Bonchev–Trinajstić information content (AvgIpc) is 2.44. The zero-order valence-electron chi connectivity index (χ0n) is 13.5. The van der Waals surface area contributed by atoms with Crippen molar-refractivity contribution in [2.75, 3.05) is 19.8 Å². The highest BCUT2D eigenvalue weighted by Gasteiger charge is 2.30. The fraction of sp³-hybridized carbons (Fsp3) is 0.765. The van der Waals surface area contributed by atoms with Crippen LogP contribution in [0.25, 0.3) is 0 Å². The van der Waals surface area contributed by atoms with E-state index in [1.54, 1.807) is 0 Å². The molecule has 21 heavy (non-hydrogen) atoms. The van der Waals surface area contributed by atoms with Gasteiger partial charge in [0.2, 0.25) is 5.91 Å². The third-order valence-corrected chi connectivity index (χ3v) is 4.63. The van der Waals surface area contributed by atoms with Crippen molar-refractivity contribution in [3.63, 3.8) is 0 Å². The van der Waals surface area contributed by atoms with Crippen LogP contribution in [0.15, 0.2) is 11.1 Å². The van der Waals surface area contributed by atoms with Gasteiger partial charge in [0.05, 0.1) is 0 Å². The molecule has 118 valence electrons. The van der Waals surface area contributed by atoms with Gasteiger partial charge in [-0.05, 0) is 50.5 Å². The highest BCUT2D eigenvalue weighted by atomic mass is 16.5. The Bertz CT molecular complexity index is 432. The highest BCUT2D eigenvalue weighted by Crippen LogP contribution is 2.30. The maximum atomic E-state index is 12.0. The van der Waals surface area contributed by atoms with Gasteiger partial charge in [0.25, 0.3) is 0 Å². The van der Waals surface area contributed by atoms with Crippen LogP contribution < -0.4 is 5.32 Å². The molecule has 0 aromatic carbocycles. The lowest BCUT2D eigenvalue weighted by molar-refractivity contribution is -0.127. The molecule has 0 radical (unpaired) electrons. The molecule has 2 fully saturated rings. The van der Waals surface area contributed by atoms with Gasteiger partial charge in [-0.15, -0.1) is 0 Å². The fourth-order valence-electron chi connectivity index (χ4n) is 3.57. The summed E-state index contributed by atoms with van der Waals surface area (Å²) >= 11 is 0. The molecule has 2 heterocycles. The summed E-state index contributed by atoms with van der Waals surface area (Å²) in [7, 11) is 0. The summed E-state index contributed by atoms with van der Waals surface area (Å²) in [5, 5.41) is 11.5. The molecule has 2 atom stereocenters. The van der Waals surface area contributed by atoms with Crippen LogP contribution in [0.4, 0.5) is 0 Å². The van der Waals surface area contributed by atoms with Gasteiger partial charge in [-0.25, -0.2) is 0 Å². The van der Waals surface area contributed by atoms with E-state index in [2.05, 4.69) is 26.1 Å². The van der Waals surface area contributed by atoms with Crippen LogP contribution in [0.1, 0.15) is 46.5 Å². The summed E-state index contributed by atoms with van der Waals surface area (Å²) in [6, 6.07) is 0. The monoisotopic (exact) mass is 292 g/mol. The van der Waals surface area contributed by atoms with Crippen LogP contribution in [-0.4, -0.2) is 31.4 Å². The highest BCUT2D eigenvalue weighted by molar-refractivity contribution is 6.01. The molecule has 2 aliphatic rings. The molecule has 0 bridgehead atoms. The molecule has 4 nitrogen and oxygen atoms in total. The second-order valence-corrected chi connectivity index (χ2v) is 6.77. The number of carbonyl (C=O) groups excluding carboxylic acids is 1. The van der Waals surface area contributed by atoms with Gasteiger partial charge in [0.1, 0.15) is 0 Å². The van der Waals surface area contributed by atoms with Crippen LogP contribution in [0.5, 0.6) is 0 Å². The molecule has 0 aliphatic carbocycles. The lowest BCUT2D eigenvalue weighted by atomic mass is 9.80. The van der Waals surface area contributed by atoms with Crippen molar-refractivity contribution in [2.24, 2.45) is 17.8 Å². The molecular formula is C17H28N2O2. The van der Waals surface area contributed by atoms with E-state index in [0.29, 0.717) is 24.0 Å². The zero-order chi connectivity index (χ0) is 15.4. The number of hydrogen-bond donors (Lipinski definition) is 2. The van der Waals surface area contributed by atoms with Gasteiger partial charge < -0.3 is 15.5 Å². The second kappa shape index (κ2) is 7.21. The summed E-state index contributed by atoms with van der Waals surface area (Å²) in [6.45, 7) is 8.69. The molecule has 2 aliphatic heterocycles. The number of piperidine rings is 1. The Morgan fingerprint density at radius 1 is 1.33 bits per heavy atom. The molecule has 2 rings (SSSR count). The Hall–Kier alpha value is -1.16. The molecule has 4 heteroatoms. The van der Waals surface area contributed by atoms with Crippen molar-refractivity contribution in [3.05, 3.63) is 11.1 Å². The smallest absolute Gasteiger partial charge is 0.223 e. The lowest BCUT2D eigenvalue weighted by Gasteiger charge is -2.30. The quantitative estimate of drug-likeness (QED) is 0.783. The second-order valence-electron chi connectivity index (χ2n) is 6.77. The number of carbonyl (C=O) groups is 1. The SMILES string of the molecule is CC(C)=C(C(=N)CC1CC(C)CNC1=O)C1CCOCC1. The van der Waals surface area contributed by atoms with E-state index in [1.165, 1.54) is 11.1 Å². The Kier molecular flexibility index (Phi) is 5.57. The van der Waals surface area contributed by atoms with Gasteiger partial charge in [0, 0.05) is 37.8 Å². The lowest BCUT2D eigenvalue weighted by Crippen LogP contribution is -2.41. The van der Waals surface area contributed by atoms with Gasteiger partial charge in [-0.1, -0.05) is 12.5 Å². The van der Waals surface area contributed by atoms with E-state index in [1.807, 2.05) is 0 Å². The Morgan fingerprint density at radius 2 is 2.00 bits per heavy atom. The Balaban J connectivity index is 2.05. The van der Waals surface area contributed by atoms with Crippen LogP contribution in [-0.2, 0) is 9.53 Å².